The van der Waals surface area contributed by atoms with E-state index in [-0.39, 0.29) is 28.2 Å². The van der Waals surface area contributed by atoms with Crippen LogP contribution in [0.1, 0.15) is 21.5 Å². The quantitative estimate of drug-likeness (QED) is 0.210. The molecule has 0 fully saturated rings. The van der Waals surface area contributed by atoms with Crippen LogP contribution in [0.4, 0.5) is 0 Å². The van der Waals surface area contributed by atoms with E-state index >= 15 is 0 Å². The van der Waals surface area contributed by atoms with Gasteiger partial charge in [-0.25, -0.2) is 9.59 Å². The van der Waals surface area contributed by atoms with Crippen molar-refractivity contribution in [2.75, 3.05) is 0 Å². The molecular formula is C25H17ClN2O6S. The minimum absolute atomic E-state index is 0.00324. The molecule has 4 rings (SSSR count). The number of ether oxygens (including phenoxy) is 1. The molecule has 0 aliphatic carbocycles. The van der Waals surface area contributed by atoms with Crippen molar-refractivity contribution in [3.63, 3.8) is 0 Å². The average Bonchev–Trinajstić information content (AvgIpc) is 3.32. The molecule has 0 radical (unpaired) electrons. The second-order valence-corrected chi connectivity index (χ2v) is 8.59. The highest BCUT2D eigenvalue weighted by Crippen LogP contribution is 2.30. The number of hydrogen-bond donors (Lipinski definition) is 2. The summed E-state index contributed by atoms with van der Waals surface area (Å²) in [6.45, 7) is 0.262. The van der Waals surface area contributed by atoms with E-state index in [4.69, 9.17) is 25.9 Å². The van der Waals surface area contributed by atoms with Crippen LogP contribution in [-0.2, 0) is 11.4 Å². The summed E-state index contributed by atoms with van der Waals surface area (Å²) in [5, 5.41) is 27.1. The largest absolute Gasteiger partial charge is 0.489 e. The molecular weight excluding hydrogens is 492 g/mol. The first-order valence-electron chi connectivity index (χ1n) is 10.1. The van der Waals surface area contributed by atoms with Crippen molar-refractivity contribution in [3.8, 4) is 17.2 Å². The van der Waals surface area contributed by atoms with E-state index in [1.807, 2.05) is 0 Å². The lowest BCUT2D eigenvalue weighted by Gasteiger charge is -2.07. The zero-order valence-corrected chi connectivity index (χ0v) is 19.5. The maximum atomic E-state index is 11.8. The SMILES string of the molecule is O=C(O)/C(=C/c1ccc(OCc2ccc(C(=O)O)cc2)cc1)Sc1nnc(-c2ccc(Cl)cc2)o1. The number of carbonyl (C=O) groups is 2. The van der Waals surface area contributed by atoms with Gasteiger partial charge in [0.15, 0.2) is 0 Å². The molecule has 0 aliphatic heterocycles. The summed E-state index contributed by atoms with van der Waals surface area (Å²) < 4.78 is 11.3. The van der Waals surface area contributed by atoms with Crippen LogP contribution in [0, 0.1) is 0 Å². The number of aromatic nitrogens is 2. The first-order chi connectivity index (χ1) is 16.9. The summed E-state index contributed by atoms with van der Waals surface area (Å²) >= 11 is 6.73. The molecule has 0 bridgehead atoms. The molecule has 4 aromatic rings. The number of nitrogens with zero attached hydrogens (tertiary/aromatic N) is 2. The van der Waals surface area contributed by atoms with Crippen LogP contribution in [0.15, 0.2) is 87.3 Å². The maximum absolute atomic E-state index is 11.8. The summed E-state index contributed by atoms with van der Waals surface area (Å²) in [5.41, 5.74) is 2.34. The van der Waals surface area contributed by atoms with Gasteiger partial charge < -0.3 is 19.4 Å². The molecule has 1 heterocycles. The minimum atomic E-state index is -1.13. The van der Waals surface area contributed by atoms with Gasteiger partial charge in [0, 0.05) is 10.6 Å². The standard InChI is InChI=1S/C25H17ClN2O6S/c26-19-9-7-17(8-10-19)22-27-28-25(34-22)35-21(24(31)32)13-15-3-11-20(12-4-15)33-14-16-1-5-18(6-2-16)23(29)30/h1-13H,14H2,(H,29,30)(H,31,32)/b21-13-. The van der Waals surface area contributed by atoms with Crippen molar-refractivity contribution in [2.24, 2.45) is 0 Å². The lowest BCUT2D eigenvalue weighted by molar-refractivity contribution is -0.131. The third-order valence-corrected chi connectivity index (χ3v) is 5.79. The highest BCUT2D eigenvalue weighted by atomic mass is 35.5. The van der Waals surface area contributed by atoms with Crippen LogP contribution >= 0.6 is 23.4 Å². The Hall–Kier alpha value is -4.08. The number of hydrogen-bond acceptors (Lipinski definition) is 7. The van der Waals surface area contributed by atoms with Gasteiger partial charge in [-0.1, -0.05) is 35.9 Å². The van der Waals surface area contributed by atoms with Gasteiger partial charge in [-0.2, -0.15) is 0 Å². The Labute approximate surface area is 208 Å². The molecule has 10 heteroatoms. The predicted molar refractivity (Wildman–Crippen MR) is 130 cm³/mol. The molecule has 0 saturated heterocycles. The highest BCUT2D eigenvalue weighted by Gasteiger charge is 2.16. The lowest BCUT2D eigenvalue weighted by atomic mass is 10.1. The van der Waals surface area contributed by atoms with Gasteiger partial charge >= 0.3 is 11.9 Å². The summed E-state index contributed by atoms with van der Waals surface area (Å²) in [6.07, 6.45) is 1.49. The van der Waals surface area contributed by atoms with Gasteiger partial charge in [0.05, 0.1) is 5.56 Å². The van der Waals surface area contributed by atoms with Crippen molar-refractivity contribution in [2.45, 2.75) is 11.8 Å². The van der Waals surface area contributed by atoms with Crippen molar-refractivity contribution in [3.05, 3.63) is 99.4 Å². The normalized spacial score (nSPS) is 11.3. The van der Waals surface area contributed by atoms with E-state index < -0.39 is 11.9 Å². The Balaban J connectivity index is 1.40. The van der Waals surface area contributed by atoms with Crippen LogP contribution in [0.2, 0.25) is 5.02 Å². The lowest BCUT2D eigenvalue weighted by Crippen LogP contribution is -1.99. The summed E-state index contributed by atoms with van der Waals surface area (Å²) in [6, 6.07) is 20.1. The summed E-state index contributed by atoms with van der Waals surface area (Å²) in [4.78, 5) is 22.7. The predicted octanol–water partition coefficient (Wildman–Crippen LogP) is 5.89. The third-order valence-electron chi connectivity index (χ3n) is 4.69. The van der Waals surface area contributed by atoms with E-state index in [1.54, 1.807) is 60.7 Å². The summed E-state index contributed by atoms with van der Waals surface area (Å²) in [5.74, 6) is -1.28. The zero-order chi connectivity index (χ0) is 24.8. The fourth-order valence-electron chi connectivity index (χ4n) is 2.91. The van der Waals surface area contributed by atoms with Crippen LogP contribution in [0.5, 0.6) is 5.75 Å². The number of benzene rings is 3. The Morgan fingerprint density at radius 2 is 1.63 bits per heavy atom. The van der Waals surface area contributed by atoms with E-state index in [2.05, 4.69) is 10.2 Å². The first kappa shape index (κ1) is 24.1. The Morgan fingerprint density at radius 3 is 2.26 bits per heavy atom. The fourth-order valence-corrected chi connectivity index (χ4v) is 3.71. The molecule has 35 heavy (non-hydrogen) atoms. The van der Waals surface area contributed by atoms with Crippen LogP contribution < -0.4 is 4.74 Å². The molecule has 1 aromatic heterocycles. The highest BCUT2D eigenvalue weighted by molar-refractivity contribution is 8.03. The molecule has 3 aromatic carbocycles. The number of aliphatic carboxylic acids is 1. The van der Waals surface area contributed by atoms with E-state index in [1.165, 1.54) is 18.2 Å². The van der Waals surface area contributed by atoms with Crippen LogP contribution in [-0.4, -0.2) is 32.3 Å². The number of carboxylic acids is 2. The van der Waals surface area contributed by atoms with Crippen LogP contribution in [0.3, 0.4) is 0 Å². The summed E-state index contributed by atoms with van der Waals surface area (Å²) in [7, 11) is 0. The Kier molecular flexibility index (Phi) is 7.49. The molecule has 8 nitrogen and oxygen atoms in total. The molecule has 0 atom stereocenters. The van der Waals surface area contributed by atoms with Crippen molar-refractivity contribution >= 4 is 41.4 Å². The third kappa shape index (κ3) is 6.50. The molecule has 0 unspecified atom stereocenters. The first-order valence-corrected chi connectivity index (χ1v) is 11.3. The monoisotopic (exact) mass is 508 g/mol. The van der Waals surface area contributed by atoms with E-state index in [9.17, 15) is 14.7 Å². The molecule has 176 valence electrons. The molecule has 0 amide bonds. The molecule has 0 saturated carbocycles. The molecule has 2 N–H and O–H groups in total. The topological polar surface area (TPSA) is 123 Å². The van der Waals surface area contributed by atoms with E-state index in [0.29, 0.717) is 21.9 Å². The number of aromatic carboxylic acids is 1. The number of halogens is 1. The zero-order valence-electron chi connectivity index (χ0n) is 17.9. The molecule has 0 spiro atoms. The van der Waals surface area contributed by atoms with Gasteiger partial charge in [-0.3, -0.25) is 0 Å². The second kappa shape index (κ2) is 10.9. The average molecular weight is 509 g/mol. The van der Waals surface area contributed by atoms with Crippen molar-refractivity contribution < 1.29 is 29.0 Å². The number of rotatable bonds is 9. The number of thioether (sulfide) groups is 1. The second-order valence-electron chi connectivity index (χ2n) is 7.16. The Morgan fingerprint density at radius 1 is 0.943 bits per heavy atom. The smallest absolute Gasteiger partial charge is 0.342 e. The maximum Gasteiger partial charge on any atom is 0.342 e. The van der Waals surface area contributed by atoms with Crippen LogP contribution in [0.25, 0.3) is 17.5 Å². The van der Waals surface area contributed by atoms with Gasteiger partial charge in [0.1, 0.15) is 17.3 Å². The van der Waals surface area contributed by atoms with Gasteiger partial charge in [0.2, 0.25) is 5.89 Å². The van der Waals surface area contributed by atoms with Gasteiger partial charge in [0.25, 0.3) is 5.22 Å². The van der Waals surface area contributed by atoms with E-state index in [0.717, 1.165) is 17.3 Å². The minimum Gasteiger partial charge on any atom is -0.489 e. The van der Waals surface area contributed by atoms with Crippen molar-refractivity contribution in [1.29, 1.82) is 0 Å². The van der Waals surface area contributed by atoms with Crippen molar-refractivity contribution in [1.82, 2.24) is 10.2 Å². The molecule has 0 aliphatic rings. The Bertz CT molecular complexity index is 1370. The van der Waals surface area contributed by atoms with Gasteiger partial charge in [-0.05, 0) is 77.5 Å². The number of carboxylic acid groups (broad SMARTS) is 2. The van der Waals surface area contributed by atoms with Gasteiger partial charge in [-0.15, -0.1) is 10.2 Å². The fraction of sp³-hybridized carbons (Fsp3) is 0.0400.